The van der Waals surface area contributed by atoms with Crippen LogP contribution in [0.25, 0.3) is 0 Å². The Bertz CT molecular complexity index is 933. The molecule has 4 rings (SSSR count). The van der Waals surface area contributed by atoms with Crippen LogP contribution in [0.15, 0.2) is 18.5 Å². The van der Waals surface area contributed by atoms with E-state index in [0.717, 1.165) is 58.0 Å². The van der Waals surface area contributed by atoms with Crippen molar-refractivity contribution in [1.29, 1.82) is 0 Å². The molecule has 0 radical (unpaired) electrons. The number of amides is 1. The Hall–Kier alpha value is -1.95. The molecule has 0 atom stereocenters. The lowest BCUT2D eigenvalue weighted by atomic mass is 9.83. The third-order valence-electron chi connectivity index (χ3n) is 6.26. The molecule has 1 aromatic rings. The molecule has 1 amide bonds. The van der Waals surface area contributed by atoms with Gasteiger partial charge < -0.3 is 4.90 Å². The van der Waals surface area contributed by atoms with Crippen LogP contribution in [0.4, 0.5) is 0 Å². The average molecular weight is 431 g/mol. The fraction of sp³-hybridized carbons (Fsp3) is 0.636. The lowest BCUT2D eigenvalue weighted by Gasteiger charge is -2.34. The zero-order chi connectivity index (χ0) is 21.0. The van der Waals surface area contributed by atoms with Gasteiger partial charge in [-0.2, -0.15) is 17.4 Å². The first-order chi connectivity index (χ1) is 14.5. The molecule has 1 aliphatic carbocycles. The first-order valence-corrected chi connectivity index (χ1v) is 12.5. The smallest absolute Gasteiger partial charge is 0.280 e. The maximum atomic E-state index is 12.9. The minimum Gasteiger partial charge on any atom is -0.339 e. The van der Waals surface area contributed by atoms with Crippen molar-refractivity contribution in [2.24, 2.45) is 0 Å². The van der Waals surface area contributed by atoms with Crippen LogP contribution in [-0.4, -0.2) is 60.2 Å². The molecule has 1 saturated carbocycles. The highest BCUT2D eigenvalue weighted by Gasteiger charge is 2.37. The molecule has 3 aliphatic rings. The fourth-order valence-electron chi connectivity index (χ4n) is 4.57. The van der Waals surface area contributed by atoms with Crippen molar-refractivity contribution >= 4 is 16.1 Å². The van der Waals surface area contributed by atoms with Crippen LogP contribution >= 0.6 is 0 Å². The molecule has 0 aromatic carbocycles. The van der Waals surface area contributed by atoms with Crippen molar-refractivity contribution in [3.8, 4) is 11.8 Å². The highest BCUT2D eigenvalue weighted by Crippen LogP contribution is 2.29. The molecule has 0 spiro atoms. The van der Waals surface area contributed by atoms with Gasteiger partial charge in [-0.1, -0.05) is 31.1 Å². The standard InChI is InChI=1S/C22H30N4O3S/c27-21(25-12-4-5-13-25)20-16-19(17-23-18-20)8-11-22(9-2-1-3-10-22)24-30(28,29)26-14-6-7-15-26/h16-18,24H,1-7,9-10,12-15H2. The molecule has 3 fully saturated rings. The predicted molar refractivity (Wildman–Crippen MR) is 115 cm³/mol. The molecule has 2 saturated heterocycles. The van der Waals surface area contributed by atoms with Gasteiger partial charge in [0.05, 0.1) is 11.1 Å². The number of carbonyl (C=O) groups excluding carboxylic acids is 1. The second-order valence-electron chi connectivity index (χ2n) is 8.57. The number of pyridine rings is 1. The highest BCUT2D eigenvalue weighted by molar-refractivity contribution is 7.87. The van der Waals surface area contributed by atoms with E-state index in [9.17, 15) is 13.2 Å². The summed E-state index contributed by atoms with van der Waals surface area (Å²) in [5.74, 6) is 6.35. The van der Waals surface area contributed by atoms with Crippen molar-refractivity contribution in [2.45, 2.75) is 63.3 Å². The molecule has 8 heteroatoms. The summed E-state index contributed by atoms with van der Waals surface area (Å²) in [6.45, 7) is 2.72. The van der Waals surface area contributed by atoms with Gasteiger partial charge in [0.25, 0.3) is 16.1 Å². The van der Waals surface area contributed by atoms with Gasteiger partial charge in [-0.15, -0.1) is 0 Å². The van der Waals surface area contributed by atoms with E-state index in [1.54, 1.807) is 18.5 Å². The first kappa shape index (κ1) is 21.3. The highest BCUT2D eigenvalue weighted by atomic mass is 32.2. The molecule has 1 N–H and O–H groups in total. The monoisotopic (exact) mass is 430 g/mol. The van der Waals surface area contributed by atoms with Gasteiger partial charge in [0.15, 0.2) is 0 Å². The van der Waals surface area contributed by atoms with E-state index in [1.807, 2.05) is 4.90 Å². The number of rotatable bonds is 4. The Morgan fingerprint density at radius 3 is 2.33 bits per heavy atom. The molecule has 1 aromatic heterocycles. The van der Waals surface area contributed by atoms with Gasteiger partial charge in [0.2, 0.25) is 0 Å². The molecule has 7 nitrogen and oxygen atoms in total. The summed E-state index contributed by atoms with van der Waals surface area (Å²) in [7, 11) is -3.55. The maximum Gasteiger partial charge on any atom is 0.280 e. The Balaban J connectivity index is 1.56. The molecule has 30 heavy (non-hydrogen) atoms. The number of hydrogen-bond acceptors (Lipinski definition) is 4. The first-order valence-electron chi connectivity index (χ1n) is 11.0. The third-order valence-corrected chi connectivity index (χ3v) is 7.95. The SMILES string of the molecule is O=C(c1cncc(C#CC2(NS(=O)(=O)N3CCCC3)CCCCC2)c1)N1CCCC1. The minimum atomic E-state index is -3.55. The van der Waals surface area contributed by atoms with E-state index < -0.39 is 15.7 Å². The van der Waals surface area contributed by atoms with Gasteiger partial charge >= 0.3 is 0 Å². The molecule has 3 heterocycles. The zero-order valence-electron chi connectivity index (χ0n) is 17.4. The average Bonchev–Trinajstić information content (AvgIpc) is 3.47. The van der Waals surface area contributed by atoms with Gasteiger partial charge in [-0.25, -0.2) is 0 Å². The van der Waals surface area contributed by atoms with E-state index in [2.05, 4.69) is 21.5 Å². The van der Waals surface area contributed by atoms with Crippen LogP contribution in [0, 0.1) is 11.8 Å². The zero-order valence-corrected chi connectivity index (χ0v) is 18.2. The van der Waals surface area contributed by atoms with Crippen LogP contribution in [-0.2, 0) is 10.2 Å². The summed E-state index contributed by atoms with van der Waals surface area (Å²) in [6.07, 6.45) is 11.5. The van der Waals surface area contributed by atoms with Crippen LogP contribution in [0.1, 0.15) is 73.7 Å². The predicted octanol–water partition coefficient (Wildman–Crippen LogP) is 2.30. The Kier molecular flexibility index (Phi) is 6.42. The van der Waals surface area contributed by atoms with Crippen molar-refractivity contribution in [3.63, 3.8) is 0 Å². The van der Waals surface area contributed by atoms with Crippen molar-refractivity contribution in [3.05, 3.63) is 29.6 Å². The normalized spacial score (nSPS) is 21.9. The Morgan fingerprint density at radius 2 is 1.63 bits per heavy atom. The van der Waals surface area contributed by atoms with Gasteiger partial charge in [-0.3, -0.25) is 9.78 Å². The molecule has 2 aliphatic heterocycles. The lowest BCUT2D eigenvalue weighted by molar-refractivity contribution is 0.0792. The molecular weight excluding hydrogens is 400 g/mol. The summed E-state index contributed by atoms with van der Waals surface area (Å²) >= 11 is 0. The van der Waals surface area contributed by atoms with Crippen molar-refractivity contribution in [2.75, 3.05) is 26.2 Å². The topological polar surface area (TPSA) is 82.6 Å². The van der Waals surface area contributed by atoms with E-state index in [-0.39, 0.29) is 5.91 Å². The molecule has 0 bridgehead atoms. The number of nitrogens with one attached hydrogen (secondary N) is 1. The molecular formula is C22H30N4O3S. The number of hydrogen-bond donors (Lipinski definition) is 1. The second kappa shape index (κ2) is 9.04. The third kappa shape index (κ3) is 4.85. The number of aromatic nitrogens is 1. The number of nitrogens with zero attached hydrogens (tertiary/aromatic N) is 3. The summed E-state index contributed by atoms with van der Waals surface area (Å²) < 4.78 is 30.2. The van der Waals surface area contributed by atoms with E-state index in [0.29, 0.717) is 37.1 Å². The van der Waals surface area contributed by atoms with Crippen LogP contribution in [0.5, 0.6) is 0 Å². The van der Waals surface area contributed by atoms with Crippen LogP contribution in [0.3, 0.4) is 0 Å². The van der Waals surface area contributed by atoms with Crippen LogP contribution in [0.2, 0.25) is 0 Å². The van der Waals surface area contributed by atoms with Gasteiger partial charge in [0, 0.05) is 44.1 Å². The quantitative estimate of drug-likeness (QED) is 0.743. The summed E-state index contributed by atoms with van der Waals surface area (Å²) in [4.78, 5) is 18.7. The van der Waals surface area contributed by atoms with Gasteiger partial charge in [-0.05, 0) is 44.6 Å². The second-order valence-corrected chi connectivity index (χ2v) is 10.2. The molecule has 0 unspecified atom stereocenters. The Labute approximate surface area is 179 Å². The summed E-state index contributed by atoms with van der Waals surface area (Å²) in [5.41, 5.74) is 0.429. The van der Waals surface area contributed by atoms with Crippen molar-refractivity contribution in [1.82, 2.24) is 18.9 Å². The number of carbonyl (C=O) groups is 1. The summed E-state index contributed by atoms with van der Waals surface area (Å²) in [5, 5.41) is 0. The van der Waals surface area contributed by atoms with Crippen LogP contribution < -0.4 is 4.72 Å². The van der Waals surface area contributed by atoms with Gasteiger partial charge in [0.1, 0.15) is 0 Å². The largest absolute Gasteiger partial charge is 0.339 e. The minimum absolute atomic E-state index is 0.00855. The van der Waals surface area contributed by atoms with E-state index in [1.165, 1.54) is 4.31 Å². The maximum absolute atomic E-state index is 12.9. The number of likely N-dealkylation sites (tertiary alicyclic amines) is 1. The van der Waals surface area contributed by atoms with Crippen molar-refractivity contribution < 1.29 is 13.2 Å². The lowest BCUT2D eigenvalue weighted by Crippen LogP contribution is -2.53. The molecule has 162 valence electrons. The van der Waals surface area contributed by atoms with E-state index in [4.69, 9.17) is 0 Å². The fourth-order valence-corrected chi connectivity index (χ4v) is 6.18. The Morgan fingerprint density at radius 1 is 0.967 bits per heavy atom. The summed E-state index contributed by atoms with van der Waals surface area (Å²) in [6, 6.07) is 1.77. The van der Waals surface area contributed by atoms with E-state index >= 15 is 0 Å².